The molecule has 200 valence electrons. The zero-order valence-corrected chi connectivity index (χ0v) is 21.8. The third-order valence-corrected chi connectivity index (χ3v) is 6.56. The van der Waals surface area contributed by atoms with Gasteiger partial charge in [-0.25, -0.2) is 14.6 Å². The number of alkyl carbamates (subject to hydrolysis) is 1. The van der Waals surface area contributed by atoms with E-state index in [2.05, 4.69) is 15.3 Å². The van der Waals surface area contributed by atoms with Crippen LogP contribution in [0.15, 0.2) is 134 Å². The quantitative estimate of drug-likeness (QED) is 0.176. The van der Waals surface area contributed by atoms with Crippen LogP contribution in [0, 0.1) is 0 Å². The number of amides is 1. The summed E-state index contributed by atoms with van der Waals surface area (Å²) in [6.07, 6.45) is 2.53. The van der Waals surface area contributed by atoms with Gasteiger partial charge in [-0.15, -0.1) is 0 Å². The molecule has 5 aromatic rings. The van der Waals surface area contributed by atoms with Crippen LogP contribution in [0.5, 0.6) is 0 Å². The highest BCUT2D eigenvalue weighted by atomic mass is 16.6. The third-order valence-electron chi connectivity index (χ3n) is 6.56. The maximum atomic E-state index is 14.1. The van der Waals surface area contributed by atoms with E-state index in [1.807, 2.05) is 121 Å². The minimum atomic E-state index is -1.28. The number of aromatic nitrogens is 2. The topological polar surface area (TPSA) is 93.3 Å². The predicted molar refractivity (Wildman–Crippen MR) is 151 cm³/mol. The summed E-state index contributed by atoms with van der Waals surface area (Å²) in [5.41, 5.74) is 2.53. The summed E-state index contributed by atoms with van der Waals surface area (Å²) in [6.45, 7) is 0.0699. The lowest BCUT2D eigenvalue weighted by Crippen LogP contribution is -2.47. The van der Waals surface area contributed by atoms with E-state index in [1.165, 1.54) is 6.33 Å². The van der Waals surface area contributed by atoms with Gasteiger partial charge in [0.05, 0.1) is 6.33 Å². The average Bonchev–Trinajstić information content (AvgIpc) is 3.53. The Kier molecular flexibility index (Phi) is 8.32. The molecule has 4 aromatic carbocycles. The van der Waals surface area contributed by atoms with E-state index in [4.69, 9.17) is 9.47 Å². The highest BCUT2D eigenvalue weighted by molar-refractivity contribution is 5.82. The van der Waals surface area contributed by atoms with Crippen molar-refractivity contribution in [2.45, 2.75) is 24.7 Å². The molecule has 7 heteroatoms. The van der Waals surface area contributed by atoms with Crippen molar-refractivity contribution in [3.8, 4) is 0 Å². The molecule has 2 N–H and O–H groups in total. The number of rotatable bonds is 10. The Morgan fingerprint density at radius 1 is 0.750 bits per heavy atom. The van der Waals surface area contributed by atoms with Gasteiger partial charge in [0.15, 0.2) is 5.60 Å². The van der Waals surface area contributed by atoms with Crippen LogP contribution in [0.25, 0.3) is 0 Å². The smallest absolute Gasteiger partial charge is 0.408 e. The SMILES string of the molecule is O=C(N[C@@H](Cc1cnc[nH]1)C(=O)OC(c1ccccc1)(c1ccccc1)c1ccccc1)OCc1ccccc1. The van der Waals surface area contributed by atoms with Crippen molar-refractivity contribution in [2.24, 2.45) is 0 Å². The number of carbonyl (C=O) groups excluding carboxylic acids is 2. The van der Waals surface area contributed by atoms with E-state index in [0.29, 0.717) is 5.69 Å². The highest BCUT2D eigenvalue weighted by Gasteiger charge is 2.42. The molecule has 0 radical (unpaired) electrons. The molecule has 1 aromatic heterocycles. The number of nitrogens with zero attached hydrogens (tertiary/aromatic N) is 1. The first kappa shape index (κ1) is 26.4. The summed E-state index contributed by atoms with van der Waals surface area (Å²) in [5.74, 6) is -0.622. The van der Waals surface area contributed by atoms with Gasteiger partial charge in [0.2, 0.25) is 0 Å². The number of H-pyrrole nitrogens is 1. The lowest BCUT2D eigenvalue weighted by molar-refractivity contribution is -0.156. The van der Waals surface area contributed by atoms with Crippen molar-refractivity contribution in [3.63, 3.8) is 0 Å². The molecular weight excluding hydrogens is 502 g/mol. The Hall–Kier alpha value is -5.17. The van der Waals surface area contributed by atoms with E-state index in [-0.39, 0.29) is 13.0 Å². The second kappa shape index (κ2) is 12.6. The molecule has 0 unspecified atom stereocenters. The van der Waals surface area contributed by atoms with Gasteiger partial charge in [-0.05, 0) is 5.56 Å². The first-order chi connectivity index (χ1) is 19.6. The molecule has 5 rings (SSSR count). The normalized spacial score (nSPS) is 11.8. The Labute approximate surface area is 232 Å². The number of aromatic amines is 1. The maximum absolute atomic E-state index is 14.1. The number of hydrogen-bond donors (Lipinski definition) is 2. The summed E-state index contributed by atoms with van der Waals surface area (Å²) in [5, 5.41) is 2.72. The van der Waals surface area contributed by atoms with Gasteiger partial charge in [0.25, 0.3) is 0 Å². The van der Waals surface area contributed by atoms with Gasteiger partial charge >= 0.3 is 12.1 Å². The van der Waals surface area contributed by atoms with Gasteiger partial charge in [-0.2, -0.15) is 0 Å². The van der Waals surface area contributed by atoms with Gasteiger partial charge in [-0.1, -0.05) is 121 Å². The molecule has 0 aliphatic rings. The zero-order valence-electron chi connectivity index (χ0n) is 21.8. The largest absolute Gasteiger partial charge is 0.445 e. The van der Waals surface area contributed by atoms with Crippen molar-refractivity contribution in [1.29, 1.82) is 0 Å². The summed E-state index contributed by atoms with van der Waals surface area (Å²) in [4.78, 5) is 34.0. The number of ether oxygens (including phenoxy) is 2. The van der Waals surface area contributed by atoms with Gasteiger partial charge in [-0.3, -0.25) is 0 Å². The fraction of sp³-hybridized carbons (Fsp3) is 0.121. The predicted octanol–water partition coefficient (Wildman–Crippen LogP) is 5.78. The van der Waals surface area contributed by atoms with Crippen molar-refractivity contribution < 1.29 is 19.1 Å². The first-order valence-corrected chi connectivity index (χ1v) is 13.0. The molecule has 0 spiro atoms. The molecule has 40 heavy (non-hydrogen) atoms. The van der Waals surface area contributed by atoms with Crippen LogP contribution in [0.3, 0.4) is 0 Å². The molecule has 0 fully saturated rings. The molecule has 1 atom stereocenters. The number of esters is 1. The molecule has 1 heterocycles. The monoisotopic (exact) mass is 531 g/mol. The Bertz CT molecular complexity index is 1400. The number of imidazole rings is 1. The molecule has 0 saturated heterocycles. The van der Waals surface area contributed by atoms with Crippen LogP contribution in [-0.4, -0.2) is 28.1 Å². The van der Waals surface area contributed by atoms with Crippen LogP contribution >= 0.6 is 0 Å². The Morgan fingerprint density at radius 3 is 1.73 bits per heavy atom. The fourth-order valence-electron chi connectivity index (χ4n) is 4.63. The Balaban J connectivity index is 1.49. The van der Waals surface area contributed by atoms with Crippen molar-refractivity contribution >= 4 is 12.1 Å². The van der Waals surface area contributed by atoms with Crippen LogP contribution in [0.4, 0.5) is 4.79 Å². The van der Waals surface area contributed by atoms with E-state index >= 15 is 0 Å². The zero-order chi connectivity index (χ0) is 27.6. The first-order valence-electron chi connectivity index (χ1n) is 13.0. The Morgan fingerprint density at radius 2 is 1.25 bits per heavy atom. The van der Waals surface area contributed by atoms with E-state index in [1.54, 1.807) is 6.20 Å². The lowest BCUT2D eigenvalue weighted by Gasteiger charge is -2.36. The molecule has 0 saturated carbocycles. The van der Waals surface area contributed by atoms with Crippen molar-refractivity contribution in [1.82, 2.24) is 15.3 Å². The maximum Gasteiger partial charge on any atom is 0.408 e. The third kappa shape index (κ3) is 6.10. The molecule has 0 bridgehead atoms. The highest BCUT2D eigenvalue weighted by Crippen LogP contribution is 2.40. The number of benzene rings is 4. The average molecular weight is 532 g/mol. The second-order valence-corrected chi connectivity index (χ2v) is 9.24. The summed E-state index contributed by atoms with van der Waals surface area (Å²) in [7, 11) is 0. The lowest BCUT2D eigenvalue weighted by atomic mass is 9.80. The summed E-state index contributed by atoms with van der Waals surface area (Å²) >= 11 is 0. The van der Waals surface area contributed by atoms with Gasteiger partial charge in [0.1, 0.15) is 12.6 Å². The van der Waals surface area contributed by atoms with Crippen LogP contribution < -0.4 is 5.32 Å². The fourth-order valence-corrected chi connectivity index (χ4v) is 4.63. The number of hydrogen-bond acceptors (Lipinski definition) is 5. The van der Waals surface area contributed by atoms with Crippen LogP contribution in [0.2, 0.25) is 0 Å². The van der Waals surface area contributed by atoms with E-state index < -0.39 is 23.7 Å². The van der Waals surface area contributed by atoms with Crippen LogP contribution in [-0.2, 0) is 32.9 Å². The van der Waals surface area contributed by atoms with Crippen molar-refractivity contribution in [2.75, 3.05) is 0 Å². The molecular formula is C33H29N3O4. The molecule has 0 aliphatic carbocycles. The summed E-state index contributed by atoms with van der Waals surface area (Å²) < 4.78 is 12.0. The van der Waals surface area contributed by atoms with Gasteiger partial charge < -0.3 is 19.8 Å². The van der Waals surface area contributed by atoms with E-state index in [0.717, 1.165) is 22.3 Å². The van der Waals surface area contributed by atoms with Crippen molar-refractivity contribution in [3.05, 3.63) is 162 Å². The number of nitrogens with one attached hydrogen (secondary N) is 2. The van der Waals surface area contributed by atoms with Crippen LogP contribution in [0.1, 0.15) is 27.9 Å². The molecule has 0 aliphatic heterocycles. The van der Waals surface area contributed by atoms with Gasteiger partial charge in [0, 0.05) is 35.0 Å². The second-order valence-electron chi connectivity index (χ2n) is 9.24. The minimum absolute atomic E-state index is 0.0699. The number of carbonyl (C=O) groups is 2. The molecule has 7 nitrogen and oxygen atoms in total. The summed E-state index contributed by atoms with van der Waals surface area (Å²) in [6, 6.07) is 37.0. The standard InChI is InChI=1S/C33H29N3O4/c37-31(30(21-29-22-34-24-35-29)36-32(38)39-23-25-13-5-1-6-14-25)40-33(26-15-7-2-8-16-26,27-17-9-3-10-18-27)28-19-11-4-12-20-28/h1-20,22,24,30H,21,23H2,(H,34,35)(H,36,38)/t30-/m0/s1. The molecule has 1 amide bonds. The minimum Gasteiger partial charge on any atom is -0.445 e. The van der Waals surface area contributed by atoms with E-state index in [9.17, 15) is 9.59 Å².